The van der Waals surface area contributed by atoms with Gasteiger partial charge in [-0.3, -0.25) is 4.79 Å². The maximum absolute atomic E-state index is 12.6. The molecule has 2 unspecified atom stereocenters. The van der Waals surface area contributed by atoms with Crippen LogP contribution in [0.2, 0.25) is 0 Å². The third kappa shape index (κ3) is 4.16. The largest absolute Gasteiger partial charge is 0.493 e. The van der Waals surface area contributed by atoms with Crippen LogP contribution < -0.4 is 10.1 Å². The minimum absolute atomic E-state index is 0.161. The van der Waals surface area contributed by atoms with Crippen LogP contribution in [-0.4, -0.2) is 29.2 Å². The van der Waals surface area contributed by atoms with E-state index in [1.54, 1.807) is 25.1 Å². The SMILES string of the molecule is CC(OC(=O)c1cccc(-n2cccc2)c1)C(=O)NC1CCOc2ccccc21. The van der Waals surface area contributed by atoms with Gasteiger partial charge in [0.15, 0.2) is 6.10 Å². The summed E-state index contributed by atoms with van der Waals surface area (Å²) in [6, 6.07) is 18.4. The second-order valence-electron chi connectivity index (χ2n) is 6.92. The van der Waals surface area contributed by atoms with Gasteiger partial charge in [0.25, 0.3) is 5.91 Å². The molecule has 0 saturated heterocycles. The van der Waals surface area contributed by atoms with Gasteiger partial charge in [0.05, 0.1) is 18.2 Å². The van der Waals surface area contributed by atoms with E-state index in [0.29, 0.717) is 18.6 Å². The minimum atomic E-state index is -0.909. The molecule has 0 radical (unpaired) electrons. The van der Waals surface area contributed by atoms with Crippen molar-refractivity contribution < 1.29 is 19.1 Å². The van der Waals surface area contributed by atoms with Gasteiger partial charge in [-0.2, -0.15) is 0 Å². The molecule has 2 heterocycles. The highest BCUT2D eigenvalue weighted by molar-refractivity contribution is 5.92. The lowest BCUT2D eigenvalue weighted by Crippen LogP contribution is -2.39. The van der Waals surface area contributed by atoms with Crippen LogP contribution in [-0.2, 0) is 9.53 Å². The van der Waals surface area contributed by atoms with E-state index in [1.165, 1.54) is 0 Å². The second-order valence-corrected chi connectivity index (χ2v) is 6.92. The Morgan fingerprint density at radius 1 is 1.10 bits per heavy atom. The summed E-state index contributed by atoms with van der Waals surface area (Å²) in [7, 11) is 0. The predicted molar refractivity (Wildman–Crippen MR) is 108 cm³/mol. The highest BCUT2D eigenvalue weighted by atomic mass is 16.5. The summed E-state index contributed by atoms with van der Waals surface area (Å²) in [5.41, 5.74) is 2.18. The molecule has 0 aliphatic carbocycles. The van der Waals surface area contributed by atoms with Crippen LogP contribution in [0.3, 0.4) is 0 Å². The number of esters is 1. The molecule has 6 heteroatoms. The highest BCUT2D eigenvalue weighted by Crippen LogP contribution is 2.31. The van der Waals surface area contributed by atoms with Crippen molar-refractivity contribution in [2.24, 2.45) is 0 Å². The number of fused-ring (bicyclic) bond motifs is 1. The van der Waals surface area contributed by atoms with Gasteiger partial charge in [0.2, 0.25) is 0 Å². The van der Waals surface area contributed by atoms with E-state index in [1.807, 2.05) is 59.4 Å². The first-order valence-corrected chi connectivity index (χ1v) is 9.58. The molecule has 1 aliphatic heterocycles. The van der Waals surface area contributed by atoms with E-state index < -0.39 is 12.1 Å². The fraction of sp³-hybridized carbons (Fsp3) is 0.217. The van der Waals surface area contributed by atoms with Gasteiger partial charge < -0.3 is 19.4 Å². The lowest BCUT2D eigenvalue weighted by Gasteiger charge is -2.27. The predicted octanol–water partition coefficient (Wildman–Crippen LogP) is 3.66. The molecule has 1 N–H and O–H groups in total. The molecule has 2 atom stereocenters. The van der Waals surface area contributed by atoms with Crippen LogP contribution in [0.5, 0.6) is 5.75 Å². The molecule has 1 aliphatic rings. The Bertz CT molecular complexity index is 1010. The second kappa shape index (κ2) is 8.22. The number of hydrogen-bond donors (Lipinski definition) is 1. The number of rotatable bonds is 5. The van der Waals surface area contributed by atoms with Gasteiger partial charge in [-0.25, -0.2) is 4.79 Å². The molecule has 6 nitrogen and oxygen atoms in total. The lowest BCUT2D eigenvalue weighted by atomic mass is 10.0. The average molecular weight is 390 g/mol. The summed E-state index contributed by atoms with van der Waals surface area (Å²) in [6.07, 6.45) is 3.55. The normalized spacial score (nSPS) is 16.2. The number of hydrogen-bond acceptors (Lipinski definition) is 4. The third-order valence-corrected chi connectivity index (χ3v) is 4.91. The lowest BCUT2D eigenvalue weighted by molar-refractivity contribution is -0.130. The summed E-state index contributed by atoms with van der Waals surface area (Å²) in [6.45, 7) is 2.11. The molecule has 3 aromatic rings. The summed E-state index contributed by atoms with van der Waals surface area (Å²) in [4.78, 5) is 25.1. The first-order valence-electron chi connectivity index (χ1n) is 9.58. The Kier molecular flexibility index (Phi) is 5.33. The summed E-state index contributed by atoms with van der Waals surface area (Å²) >= 11 is 0. The smallest absolute Gasteiger partial charge is 0.338 e. The van der Waals surface area contributed by atoms with Crippen molar-refractivity contribution in [2.75, 3.05) is 6.61 Å². The van der Waals surface area contributed by atoms with E-state index in [2.05, 4.69) is 5.32 Å². The molecule has 148 valence electrons. The standard InChI is InChI=1S/C23H22N2O4/c1-16(22(26)24-20-11-14-28-21-10-3-2-9-19(20)21)29-23(27)17-7-6-8-18(15-17)25-12-4-5-13-25/h2-10,12-13,15-16,20H,11,14H2,1H3,(H,24,26). The fourth-order valence-corrected chi connectivity index (χ4v) is 3.36. The van der Waals surface area contributed by atoms with Gasteiger partial charge in [0, 0.05) is 30.1 Å². The Morgan fingerprint density at radius 2 is 1.90 bits per heavy atom. The highest BCUT2D eigenvalue weighted by Gasteiger charge is 2.26. The quantitative estimate of drug-likeness (QED) is 0.675. The first-order chi connectivity index (χ1) is 14.1. The van der Waals surface area contributed by atoms with Gasteiger partial charge in [-0.05, 0) is 43.3 Å². The van der Waals surface area contributed by atoms with Crippen LogP contribution in [0.1, 0.15) is 35.3 Å². The number of carbonyl (C=O) groups excluding carboxylic acids is 2. The fourth-order valence-electron chi connectivity index (χ4n) is 3.36. The number of para-hydroxylation sites is 1. The van der Waals surface area contributed by atoms with Crippen LogP contribution in [0, 0.1) is 0 Å². The van der Waals surface area contributed by atoms with Crippen LogP contribution in [0.4, 0.5) is 0 Å². The summed E-state index contributed by atoms with van der Waals surface area (Å²) in [5.74, 6) is -0.0915. The van der Waals surface area contributed by atoms with Gasteiger partial charge >= 0.3 is 5.97 Å². The molecule has 0 spiro atoms. The molecule has 0 saturated carbocycles. The summed E-state index contributed by atoms with van der Waals surface area (Å²) < 4.78 is 12.9. The monoisotopic (exact) mass is 390 g/mol. The zero-order valence-electron chi connectivity index (χ0n) is 16.1. The number of nitrogens with zero attached hydrogens (tertiary/aromatic N) is 1. The number of benzene rings is 2. The Balaban J connectivity index is 1.41. The topological polar surface area (TPSA) is 69.6 Å². The van der Waals surface area contributed by atoms with E-state index in [9.17, 15) is 9.59 Å². The van der Waals surface area contributed by atoms with E-state index in [0.717, 1.165) is 17.0 Å². The van der Waals surface area contributed by atoms with Crippen molar-refractivity contribution in [3.63, 3.8) is 0 Å². The van der Waals surface area contributed by atoms with Crippen LogP contribution in [0.25, 0.3) is 5.69 Å². The number of ether oxygens (including phenoxy) is 2. The molecule has 0 fully saturated rings. The number of amides is 1. The van der Waals surface area contributed by atoms with Crippen molar-refractivity contribution in [1.29, 1.82) is 0 Å². The molecular weight excluding hydrogens is 368 g/mol. The van der Waals surface area contributed by atoms with E-state index >= 15 is 0 Å². The van der Waals surface area contributed by atoms with Gasteiger partial charge in [0.1, 0.15) is 5.75 Å². The van der Waals surface area contributed by atoms with E-state index in [-0.39, 0.29) is 11.9 Å². The Labute approximate surface area is 169 Å². The van der Waals surface area contributed by atoms with Crippen molar-refractivity contribution >= 4 is 11.9 Å². The molecule has 1 aromatic heterocycles. The van der Waals surface area contributed by atoms with Crippen molar-refractivity contribution in [3.8, 4) is 11.4 Å². The molecule has 29 heavy (non-hydrogen) atoms. The zero-order valence-corrected chi connectivity index (χ0v) is 16.1. The van der Waals surface area contributed by atoms with Crippen molar-refractivity contribution in [2.45, 2.75) is 25.5 Å². The molecule has 2 aromatic carbocycles. The minimum Gasteiger partial charge on any atom is -0.493 e. The number of aromatic nitrogens is 1. The maximum atomic E-state index is 12.6. The van der Waals surface area contributed by atoms with E-state index in [4.69, 9.17) is 9.47 Å². The average Bonchev–Trinajstić information content (AvgIpc) is 3.29. The molecule has 1 amide bonds. The van der Waals surface area contributed by atoms with Crippen molar-refractivity contribution in [1.82, 2.24) is 9.88 Å². The molecular formula is C23H22N2O4. The third-order valence-electron chi connectivity index (χ3n) is 4.91. The van der Waals surface area contributed by atoms with Crippen LogP contribution in [0.15, 0.2) is 73.1 Å². The maximum Gasteiger partial charge on any atom is 0.338 e. The molecule has 4 rings (SSSR count). The van der Waals surface area contributed by atoms with Gasteiger partial charge in [-0.15, -0.1) is 0 Å². The Morgan fingerprint density at radius 3 is 2.72 bits per heavy atom. The molecule has 0 bridgehead atoms. The zero-order chi connectivity index (χ0) is 20.2. The number of nitrogens with one attached hydrogen (secondary N) is 1. The van der Waals surface area contributed by atoms with Gasteiger partial charge in [-0.1, -0.05) is 24.3 Å². The van der Waals surface area contributed by atoms with Crippen LogP contribution >= 0.6 is 0 Å². The summed E-state index contributed by atoms with van der Waals surface area (Å²) in [5, 5.41) is 2.97. The Hall–Kier alpha value is -3.54. The van der Waals surface area contributed by atoms with Crippen molar-refractivity contribution in [3.05, 3.63) is 84.2 Å². The number of carbonyl (C=O) groups is 2. The first kappa shape index (κ1) is 18.8.